The number of guanidine groups is 1. The number of aliphatic imine (C=N–C) groups is 1. The van der Waals surface area contributed by atoms with Crippen LogP contribution in [0, 0.1) is 0 Å². The van der Waals surface area contributed by atoms with Gasteiger partial charge in [-0.3, -0.25) is 9.67 Å². The smallest absolute Gasteiger partial charge is 0.189 e. The Labute approximate surface area is 129 Å². The number of nitrogens with one attached hydrogen (secondary N) is 1. The minimum atomic E-state index is 0.140. The predicted octanol–water partition coefficient (Wildman–Crippen LogP) is 0.786. The molecular formula is C15H20N6O. The van der Waals surface area contributed by atoms with Crippen LogP contribution in [0.4, 0.5) is 0 Å². The molecule has 2 heterocycles. The zero-order chi connectivity index (χ0) is 15.4. The number of ether oxygens (including phenoxy) is 1. The Balaban J connectivity index is 1.57. The number of benzene rings is 1. The molecule has 7 heteroatoms. The van der Waals surface area contributed by atoms with Crippen LogP contribution in [0.25, 0.3) is 0 Å². The summed E-state index contributed by atoms with van der Waals surface area (Å²) in [6.45, 7) is 1.24. The summed E-state index contributed by atoms with van der Waals surface area (Å²) in [5, 5.41) is 7.48. The van der Waals surface area contributed by atoms with E-state index in [1.54, 1.807) is 11.0 Å². The van der Waals surface area contributed by atoms with Crippen molar-refractivity contribution in [2.75, 3.05) is 13.2 Å². The van der Waals surface area contributed by atoms with E-state index < -0.39 is 0 Å². The van der Waals surface area contributed by atoms with Crippen LogP contribution in [-0.4, -0.2) is 33.9 Å². The third-order valence-electron chi connectivity index (χ3n) is 3.55. The zero-order valence-corrected chi connectivity index (χ0v) is 12.6. The maximum atomic E-state index is 5.98. The van der Waals surface area contributed by atoms with E-state index >= 15 is 0 Å². The average molecular weight is 300 g/mol. The van der Waals surface area contributed by atoms with Crippen LogP contribution in [0.15, 0.2) is 35.6 Å². The maximum Gasteiger partial charge on any atom is 0.189 e. The molecule has 0 saturated carbocycles. The lowest BCUT2D eigenvalue weighted by molar-refractivity contribution is 0.262. The Bertz CT molecular complexity index is 666. The minimum absolute atomic E-state index is 0.140. The fraction of sp³-hybridized carbons (Fsp3) is 0.400. The molecule has 0 bridgehead atoms. The van der Waals surface area contributed by atoms with Crippen LogP contribution in [0.1, 0.15) is 23.9 Å². The summed E-state index contributed by atoms with van der Waals surface area (Å²) in [7, 11) is 1.85. The van der Waals surface area contributed by atoms with Gasteiger partial charge in [-0.25, -0.2) is 4.98 Å². The zero-order valence-electron chi connectivity index (χ0n) is 12.6. The van der Waals surface area contributed by atoms with Gasteiger partial charge in [0.1, 0.15) is 12.1 Å². The summed E-state index contributed by atoms with van der Waals surface area (Å²) < 4.78 is 7.32. The molecule has 7 nitrogen and oxygen atoms in total. The molecule has 22 heavy (non-hydrogen) atoms. The molecule has 1 aliphatic heterocycles. The van der Waals surface area contributed by atoms with Crippen LogP contribution in [0.5, 0.6) is 5.75 Å². The van der Waals surface area contributed by atoms with E-state index in [0.29, 0.717) is 25.5 Å². The van der Waals surface area contributed by atoms with Crippen molar-refractivity contribution in [3.8, 4) is 5.75 Å². The molecule has 0 amide bonds. The Kier molecular flexibility index (Phi) is 4.22. The number of hydrogen-bond acceptors (Lipinski definition) is 4. The number of para-hydroxylation sites is 1. The first-order valence-electron chi connectivity index (χ1n) is 7.35. The van der Waals surface area contributed by atoms with Crippen LogP contribution in [-0.2, 0) is 13.5 Å². The Hall–Kier alpha value is -2.57. The van der Waals surface area contributed by atoms with Gasteiger partial charge >= 0.3 is 0 Å². The number of aromatic nitrogens is 3. The van der Waals surface area contributed by atoms with Gasteiger partial charge in [-0.2, -0.15) is 5.10 Å². The molecule has 116 valence electrons. The number of fused-ring (bicyclic) bond motifs is 1. The SMILES string of the molecule is Cn1cnc(CCN=C(N)NC2CCOc3ccccc32)n1. The van der Waals surface area contributed by atoms with E-state index in [1.165, 1.54) is 0 Å². The molecule has 0 radical (unpaired) electrons. The fourth-order valence-corrected chi connectivity index (χ4v) is 2.49. The largest absolute Gasteiger partial charge is 0.493 e. The van der Waals surface area contributed by atoms with Gasteiger partial charge in [-0.05, 0) is 6.07 Å². The third kappa shape index (κ3) is 3.36. The van der Waals surface area contributed by atoms with Gasteiger partial charge in [0.25, 0.3) is 0 Å². The molecule has 3 N–H and O–H groups in total. The molecule has 0 aliphatic carbocycles. The Morgan fingerprint density at radius 1 is 1.50 bits per heavy atom. The van der Waals surface area contributed by atoms with Crippen LogP contribution in [0.2, 0.25) is 0 Å². The van der Waals surface area contributed by atoms with Crippen molar-refractivity contribution in [3.63, 3.8) is 0 Å². The van der Waals surface area contributed by atoms with Gasteiger partial charge in [-0.1, -0.05) is 18.2 Å². The van der Waals surface area contributed by atoms with E-state index in [2.05, 4.69) is 26.5 Å². The first kappa shape index (κ1) is 14.4. The van der Waals surface area contributed by atoms with Crippen molar-refractivity contribution in [2.24, 2.45) is 17.8 Å². The third-order valence-corrected chi connectivity index (χ3v) is 3.55. The first-order chi connectivity index (χ1) is 10.7. The lowest BCUT2D eigenvalue weighted by Gasteiger charge is -2.26. The Morgan fingerprint density at radius 2 is 2.36 bits per heavy atom. The highest BCUT2D eigenvalue weighted by Gasteiger charge is 2.21. The van der Waals surface area contributed by atoms with Crippen molar-refractivity contribution >= 4 is 5.96 Å². The van der Waals surface area contributed by atoms with E-state index in [1.807, 2.05) is 25.2 Å². The first-order valence-corrected chi connectivity index (χ1v) is 7.35. The Morgan fingerprint density at radius 3 is 3.18 bits per heavy atom. The summed E-state index contributed by atoms with van der Waals surface area (Å²) in [5.41, 5.74) is 7.11. The minimum Gasteiger partial charge on any atom is -0.493 e. The highest BCUT2D eigenvalue weighted by atomic mass is 16.5. The van der Waals surface area contributed by atoms with Gasteiger partial charge in [0.15, 0.2) is 11.8 Å². The molecular weight excluding hydrogens is 280 g/mol. The molecule has 1 unspecified atom stereocenters. The molecule has 1 aliphatic rings. The number of rotatable bonds is 4. The van der Waals surface area contributed by atoms with Crippen LogP contribution in [0.3, 0.4) is 0 Å². The summed E-state index contributed by atoms with van der Waals surface area (Å²) in [4.78, 5) is 8.51. The molecule has 1 aromatic heterocycles. The average Bonchev–Trinajstić information content (AvgIpc) is 2.93. The molecule has 0 spiro atoms. The molecule has 0 fully saturated rings. The van der Waals surface area contributed by atoms with Crippen molar-refractivity contribution < 1.29 is 4.74 Å². The van der Waals surface area contributed by atoms with Gasteiger partial charge in [0, 0.05) is 32.0 Å². The summed E-state index contributed by atoms with van der Waals surface area (Å²) in [5.74, 6) is 2.13. The highest BCUT2D eigenvalue weighted by molar-refractivity contribution is 5.78. The number of nitrogens with zero attached hydrogens (tertiary/aromatic N) is 4. The molecule has 1 atom stereocenters. The number of hydrogen-bond donors (Lipinski definition) is 2. The molecule has 0 saturated heterocycles. The molecule has 1 aromatic carbocycles. The monoisotopic (exact) mass is 300 g/mol. The summed E-state index contributed by atoms with van der Waals surface area (Å²) in [6.07, 6.45) is 3.22. The second-order valence-electron chi connectivity index (χ2n) is 5.22. The van der Waals surface area contributed by atoms with E-state index in [4.69, 9.17) is 10.5 Å². The van der Waals surface area contributed by atoms with Gasteiger partial charge in [0.05, 0.1) is 12.6 Å². The van der Waals surface area contributed by atoms with Crippen molar-refractivity contribution in [1.29, 1.82) is 0 Å². The van der Waals surface area contributed by atoms with E-state index in [-0.39, 0.29) is 6.04 Å². The van der Waals surface area contributed by atoms with Crippen LogP contribution < -0.4 is 15.8 Å². The standard InChI is InChI=1S/C15H20N6O/c1-21-10-18-14(20-21)6-8-17-15(16)19-12-7-9-22-13-5-3-2-4-11(12)13/h2-5,10,12H,6-9H2,1H3,(H3,16,17,19). The predicted molar refractivity (Wildman–Crippen MR) is 83.6 cm³/mol. The molecule has 3 rings (SSSR count). The van der Waals surface area contributed by atoms with E-state index in [9.17, 15) is 0 Å². The number of nitrogens with two attached hydrogens (primary N) is 1. The van der Waals surface area contributed by atoms with Crippen molar-refractivity contribution in [3.05, 3.63) is 42.0 Å². The topological polar surface area (TPSA) is 90.4 Å². The quantitative estimate of drug-likeness (QED) is 0.643. The number of aryl methyl sites for hydroxylation is 1. The second-order valence-corrected chi connectivity index (χ2v) is 5.22. The van der Waals surface area contributed by atoms with Gasteiger partial charge in [0.2, 0.25) is 0 Å². The molecule has 2 aromatic rings. The summed E-state index contributed by atoms with van der Waals surface area (Å²) >= 11 is 0. The highest BCUT2D eigenvalue weighted by Crippen LogP contribution is 2.31. The lowest BCUT2D eigenvalue weighted by Crippen LogP contribution is -2.37. The summed E-state index contributed by atoms with van der Waals surface area (Å²) in [6, 6.07) is 8.14. The normalized spacial score (nSPS) is 17.7. The second kappa shape index (κ2) is 6.46. The van der Waals surface area contributed by atoms with Crippen molar-refractivity contribution in [2.45, 2.75) is 18.9 Å². The fourth-order valence-electron chi connectivity index (χ4n) is 2.49. The van der Waals surface area contributed by atoms with Gasteiger partial charge in [-0.15, -0.1) is 0 Å². The lowest BCUT2D eigenvalue weighted by atomic mass is 10.0. The van der Waals surface area contributed by atoms with E-state index in [0.717, 1.165) is 23.6 Å². The van der Waals surface area contributed by atoms with Crippen molar-refractivity contribution in [1.82, 2.24) is 20.1 Å². The van der Waals surface area contributed by atoms with Gasteiger partial charge < -0.3 is 15.8 Å². The van der Waals surface area contributed by atoms with Crippen LogP contribution >= 0.6 is 0 Å². The maximum absolute atomic E-state index is 5.98.